The Hall–Kier alpha value is -3.44. The summed E-state index contributed by atoms with van der Waals surface area (Å²) in [6.45, 7) is 0.616. The largest absolute Gasteiger partial charge is 0.336 e. The second-order valence-electron chi connectivity index (χ2n) is 7.54. The van der Waals surface area contributed by atoms with Crippen LogP contribution in [-0.2, 0) is 16.0 Å². The van der Waals surface area contributed by atoms with Gasteiger partial charge in [-0.05, 0) is 66.4 Å². The van der Waals surface area contributed by atoms with Gasteiger partial charge >= 0.3 is 0 Å². The van der Waals surface area contributed by atoms with Gasteiger partial charge in [-0.2, -0.15) is 0 Å². The zero-order valence-corrected chi connectivity index (χ0v) is 17.3. The minimum absolute atomic E-state index is 0.275. The Balaban J connectivity index is 1.69. The molecule has 6 heteroatoms. The quantitative estimate of drug-likeness (QED) is 0.533. The first-order valence-electron chi connectivity index (χ1n) is 10.0. The molecular weight excluding hydrogens is 415 g/mol. The molecule has 0 saturated heterocycles. The maximum absolute atomic E-state index is 13.7. The fourth-order valence-corrected chi connectivity index (χ4v) is 4.36. The van der Waals surface area contributed by atoms with Crippen LogP contribution in [0.1, 0.15) is 17.5 Å². The van der Waals surface area contributed by atoms with Crippen molar-refractivity contribution < 1.29 is 14.0 Å². The first kappa shape index (κ1) is 19.5. The molecule has 0 radical (unpaired) electrons. The molecule has 0 spiro atoms. The van der Waals surface area contributed by atoms with E-state index >= 15 is 0 Å². The summed E-state index contributed by atoms with van der Waals surface area (Å²) in [5.41, 5.74) is 3.59. The van der Waals surface area contributed by atoms with E-state index in [1.807, 2.05) is 29.2 Å². The van der Waals surface area contributed by atoms with Crippen molar-refractivity contribution in [3.05, 3.63) is 100 Å². The summed E-state index contributed by atoms with van der Waals surface area (Å²) in [6, 6.07) is 20.2. The number of carbonyl (C=O) groups is 2. The number of anilines is 2. The van der Waals surface area contributed by atoms with Crippen LogP contribution in [0.4, 0.5) is 15.8 Å². The van der Waals surface area contributed by atoms with E-state index in [9.17, 15) is 14.0 Å². The van der Waals surface area contributed by atoms with Crippen LogP contribution in [-0.4, -0.2) is 18.4 Å². The third kappa shape index (κ3) is 3.31. The van der Waals surface area contributed by atoms with E-state index in [0.29, 0.717) is 28.5 Å². The minimum atomic E-state index is -0.433. The molecule has 2 amide bonds. The van der Waals surface area contributed by atoms with E-state index in [2.05, 4.69) is 0 Å². The smallest absolute Gasteiger partial charge is 0.282 e. The molecule has 3 aromatic carbocycles. The van der Waals surface area contributed by atoms with Crippen molar-refractivity contribution >= 4 is 40.4 Å². The monoisotopic (exact) mass is 432 g/mol. The van der Waals surface area contributed by atoms with Crippen LogP contribution >= 0.6 is 11.6 Å². The lowest BCUT2D eigenvalue weighted by atomic mass is 9.98. The first-order chi connectivity index (χ1) is 15.0. The second kappa shape index (κ2) is 7.67. The highest BCUT2D eigenvalue weighted by Crippen LogP contribution is 2.39. The molecule has 0 atom stereocenters. The highest BCUT2D eigenvalue weighted by atomic mass is 35.5. The molecule has 0 N–H and O–H groups in total. The van der Waals surface area contributed by atoms with Crippen LogP contribution in [0.15, 0.2) is 78.5 Å². The number of rotatable bonds is 3. The zero-order chi connectivity index (χ0) is 21.5. The number of imide groups is 1. The number of aryl methyl sites for hydroxylation is 1. The van der Waals surface area contributed by atoms with Gasteiger partial charge in [-0.15, -0.1) is 0 Å². The van der Waals surface area contributed by atoms with Gasteiger partial charge in [0.25, 0.3) is 11.8 Å². The maximum Gasteiger partial charge on any atom is 0.282 e. The van der Waals surface area contributed by atoms with E-state index in [0.717, 1.165) is 24.1 Å². The SMILES string of the molecule is O=C1C(c2ccc(F)cc2)=C(N2CCCc3ccccc32)C(=O)N1c1ccc(Cl)cc1. The predicted octanol–water partition coefficient (Wildman–Crippen LogP) is 5.22. The van der Waals surface area contributed by atoms with Gasteiger partial charge in [0.1, 0.15) is 11.5 Å². The third-order valence-electron chi connectivity index (χ3n) is 5.66. The van der Waals surface area contributed by atoms with Crippen LogP contribution in [0.5, 0.6) is 0 Å². The van der Waals surface area contributed by atoms with Gasteiger partial charge in [-0.3, -0.25) is 9.59 Å². The summed E-state index contributed by atoms with van der Waals surface area (Å²) >= 11 is 5.99. The van der Waals surface area contributed by atoms with Crippen LogP contribution in [0.2, 0.25) is 5.02 Å². The Morgan fingerprint density at radius 1 is 0.839 bits per heavy atom. The molecule has 2 aliphatic heterocycles. The summed E-state index contributed by atoms with van der Waals surface area (Å²) < 4.78 is 13.6. The fraction of sp³-hybridized carbons (Fsp3) is 0.120. The summed E-state index contributed by atoms with van der Waals surface area (Å²) in [4.78, 5) is 30.3. The summed E-state index contributed by atoms with van der Waals surface area (Å²) in [5.74, 6) is -1.24. The van der Waals surface area contributed by atoms with Gasteiger partial charge in [0.2, 0.25) is 0 Å². The molecule has 2 aliphatic rings. The number of fused-ring (bicyclic) bond motifs is 1. The molecule has 0 bridgehead atoms. The molecule has 0 aromatic heterocycles. The number of hydrogen-bond acceptors (Lipinski definition) is 3. The van der Waals surface area contributed by atoms with E-state index in [-0.39, 0.29) is 5.57 Å². The first-order valence-corrected chi connectivity index (χ1v) is 10.4. The van der Waals surface area contributed by atoms with Gasteiger partial charge in [0.15, 0.2) is 0 Å². The molecule has 0 saturated carbocycles. The highest BCUT2D eigenvalue weighted by molar-refractivity contribution is 6.46. The number of benzene rings is 3. The Bertz CT molecular complexity index is 1220. The van der Waals surface area contributed by atoms with Crippen LogP contribution in [0.3, 0.4) is 0 Å². The van der Waals surface area contributed by atoms with Gasteiger partial charge in [0, 0.05) is 17.3 Å². The third-order valence-corrected chi connectivity index (χ3v) is 5.91. The lowest BCUT2D eigenvalue weighted by molar-refractivity contribution is -0.120. The fourth-order valence-electron chi connectivity index (χ4n) is 4.24. The summed E-state index contributed by atoms with van der Waals surface area (Å²) in [6.07, 6.45) is 1.77. The van der Waals surface area contributed by atoms with Crippen molar-refractivity contribution in [1.29, 1.82) is 0 Å². The average molecular weight is 433 g/mol. The Kier molecular flexibility index (Phi) is 4.83. The van der Waals surface area contributed by atoms with E-state index < -0.39 is 17.6 Å². The van der Waals surface area contributed by atoms with Crippen LogP contribution in [0, 0.1) is 5.82 Å². The molecule has 0 fully saturated rings. The molecule has 3 aromatic rings. The number of amides is 2. The zero-order valence-electron chi connectivity index (χ0n) is 16.5. The van der Waals surface area contributed by atoms with Crippen LogP contribution < -0.4 is 9.80 Å². The average Bonchev–Trinajstić information content (AvgIpc) is 3.04. The minimum Gasteiger partial charge on any atom is -0.336 e. The van der Waals surface area contributed by atoms with Crippen molar-refractivity contribution in [3.8, 4) is 0 Å². The standard InChI is InChI=1S/C25H18ClFN2O2/c26-18-9-13-20(14-10-18)29-24(30)22(17-7-11-19(27)12-8-17)23(25(29)31)28-15-3-5-16-4-1-2-6-21(16)28/h1-2,4,6-14H,3,5,15H2. The Morgan fingerprint density at radius 2 is 1.55 bits per heavy atom. The van der Waals surface area contributed by atoms with Gasteiger partial charge in [-0.25, -0.2) is 9.29 Å². The van der Waals surface area contributed by atoms with Crippen molar-refractivity contribution in [2.75, 3.05) is 16.3 Å². The Morgan fingerprint density at radius 3 is 2.29 bits per heavy atom. The van der Waals surface area contributed by atoms with Gasteiger partial charge < -0.3 is 4.90 Å². The molecular formula is C25H18ClFN2O2. The van der Waals surface area contributed by atoms with E-state index in [4.69, 9.17) is 11.6 Å². The predicted molar refractivity (Wildman–Crippen MR) is 119 cm³/mol. The maximum atomic E-state index is 13.7. The highest BCUT2D eigenvalue weighted by Gasteiger charge is 2.43. The normalized spacial score (nSPS) is 16.2. The number of para-hydroxylation sites is 1. The van der Waals surface area contributed by atoms with Gasteiger partial charge in [0.05, 0.1) is 11.3 Å². The van der Waals surface area contributed by atoms with E-state index in [1.54, 1.807) is 24.3 Å². The lowest BCUT2D eigenvalue weighted by Gasteiger charge is -2.32. The summed E-state index contributed by atoms with van der Waals surface area (Å²) in [7, 11) is 0. The molecule has 154 valence electrons. The number of halogens is 2. The lowest BCUT2D eigenvalue weighted by Crippen LogP contribution is -2.37. The van der Waals surface area contributed by atoms with E-state index in [1.165, 1.54) is 29.2 Å². The van der Waals surface area contributed by atoms with Crippen molar-refractivity contribution in [2.45, 2.75) is 12.8 Å². The Labute approximate surface area is 184 Å². The van der Waals surface area contributed by atoms with Crippen molar-refractivity contribution in [2.24, 2.45) is 0 Å². The van der Waals surface area contributed by atoms with Crippen LogP contribution in [0.25, 0.3) is 5.57 Å². The molecule has 31 heavy (non-hydrogen) atoms. The topological polar surface area (TPSA) is 40.6 Å². The summed E-state index contributed by atoms with van der Waals surface area (Å²) in [5, 5.41) is 0.514. The number of hydrogen-bond donors (Lipinski definition) is 0. The van der Waals surface area contributed by atoms with Crippen molar-refractivity contribution in [3.63, 3.8) is 0 Å². The molecule has 0 unspecified atom stereocenters. The van der Waals surface area contributed by atoms with Crippen molar-refractivity contribution in [1.82, 2.24) is 0 Å². The molecule has 2 heterocycles. The van der Waals surface area contributed by atoms with Gasteiger partial charge in [-0.1, -0.05) is 41.9 Å². The molecule has 0 aliphatic carbocycles. The molecule has 5 rings (SSSR count). The molecule has 4 nitrogen and oxygen atoms in total. The second-order valence-corrected chi connectivity index (χ2v) is 7.97. The number of nitrogens with zero attached hydrogens (tertiary/aromatic N) is 2. The number of carbonyl (C=O) groups excluding carboxylic acids is 2.